The van der Waals surface area contributed by atoms with Crippen LogP contribution in [0.3, 0.4) is 0 Å². The number of anilines is 2. The average molecular weight is 792 g/mol. The third kappa shape index (κ3) is 5.54. The van der Waals surface area contributed by atoms with Crippen LogP contribution in [0.1, 0.15) is 41.0 Å². The van der Waals surface area contributed by atoms with E-state index >= 15 is 9.18 Å². The molecule has 3 heterocycles. The molecule has 4 aromatic rings. The molecule has 15 heteroatoms. The second kappa shape index (κ2) is 13.1. The molecular weight excluding hydrogens is 763 g/mol. The van der Waals surface area contributed by atoms with Crippen molar-refractivity contribution in [1.29, 1.82) is 0 Å². The number of amides is 4. The van der Waals surface area contributed by atoms with Gasteiger partial charge in [0.05, 0.1) is 39.4 Å². The highest BCUT2D eigenvalue weighted by Crippen LogP contribution is 2.64. The van der Waals surface area contributed by atoms with Gasteiger partial charge in [0.2, 0.25) is 11.8 Å². The Bertz CT molecular complexity index is 2350. The second-order valence-corrected chi connectivity index (χ2v) is 14.8. The van der Waals surface area contributed by atoms with Crippen LogP contribution in [0.25, 0.3) is 6.08 Å². The van der Waals surface area contributed by atoms with Gasteiger partial charge >= 0.3 is 6.18 Å². The van der Waals surface area contributed by atoms with Crippen molar-refractivity contribution in [3.05, 3.63) is 135 Å². The van der Waals surface area contributed by atoms with Gasteiger partial charge in [0.15, 0.2) is 17.4 Å². The SMILES string of the molecule is C=Cc1ccc(N2C(=O)[C@H]3[C@H](CC=C4[C@H]3C[C@H]3C(=O)N(Nc5ncc(C(F)(F)F)cc5Cl)C(=O)[C@@]3(c3ccc(Cl)cc3)[C@H]4c3ccc(O)c(F)c3)C2=O)cc1. The van der Waals surface area contributed by atoms with Crippen LogP contribution >= 0.6 is 23.2 Å². The third-order valence-corrected chi connectivity index (χ3v) is 11.8. The number of nitrogens with one attached hydrogen (secondary N) is 1. The summed E-state index contributed by atoms with van der Waals surface area (Å²) in [6.45, 7) is 3.74. The summed E-state index contributed by atoms with van der Waals surface area (Å²) in [6.07, 6.45) is -0.911. The van der Waals surface area contributed by atoms with E-state index in [1.54, 1.807) is 48.6 Å². The monoisotopic (exact) mass is 790 g/mol. The quantitative estimate of drug-likeness (QED) is 0.115. The van der Waals surface area contributed by atoms with Crippen molar-refractivity contribution in [3.63, 3.8) is 0 Å². The van der Waals surface area contributed by atoms with Crippen LogP contribution in [0.15, 0.2) is 97.2 Å². The molecule has 4 amide bonds. The van der Waals surface area contributed by atoms with Crippen LogP contribution in [-0.4, -0.2) is 38.7 Å². The minimum Gasteiger partial charge on any atom is -0.505 e. The standard InChI is InChI=1S/C40H28Cl2F4N4O5/c1-2-19-3-10-24(11-4-19)49-35(52)26-13-12-25-27(32(26)37(49)54)17-28-36(53)50(48-34-29(42)16-22(18-47-34)40(44,45)46)38(55)39(28,21-6-8-23(41)9-7-21)33(25)20-5-14-31(51)30(43)15-20/h2-12,14-16,18,26-28,32-33,51H,1,13,17H2,(H,47,48)/t26-,27+,28-,32-,33-,39+/m0/s1. The zero-order chi connectivity index (χ0) is 39.1. The number of fused-ring (bicyclic) bond motifs is 4. The fourth-order valence-corrected chi connectivity index (χ4v) is 9.21. The molecule has 4 aliphatic rings. The molecule has 6 atom stereocenters. The zero-order valence-electron chi connectivity index (χ0n) is 28.4. The predicted molar refractivity (Wildman–Crippen MR) is 194 cm³/mol. The number of aromatic nitrogens is 1. The molecule has 280 valence electrons. The molecular formula is C40H28Cl2F4N4O5. The van der Waals surface area contributed by atoms with E-state index in [2.05, 4.69) is 17.0 Å². The van der Waals surface area contributed by atoms with Crippen molar-refractivity contribution in [2.45, 2.75) is 30.4 Å². The molecule has 0 radical (unpaired) electrons. The molecule has 1 saturated carbocycles. The van der Waals surface area contributed by atoms with E-state index in [0.29, 0.717) is 39.1 Å². The molecule has 9 nitrogen and oxygen atoms in total. The Morgan fingerprint density at radius 2 is 1.64 bits per heavy atom. The number of carbonyl (C=O) groups excluding carboxylic acids is 4. The Morgan fingerprint density at radius 3 is 2.27 bits per heavy atom. The molecule has 2 aliphatic heterocycles. The largest absolute Gasteiger partial charge is 0.505 e. The smallest absolute Gasteiger partial charge is 0.417 e. The number of rotatable bonds is 6. The van der Waals surface area contributed by atoms with Crippen molar-refractivity contribution >= 4 is 64.4 Å². The van der Waals surface area contributed by atoms with Gasteiger partial charge in [0.1, 0.15) is 0 Å². The summed E-state index contributed by atoms with van der Waals surface area (Å²) in [5.74, 6) is -9.72. The van der Waals surface area contributed by atoms with Crippen LogP contribution in [-0.2, 0) is 30.8 Å². The topological polar surface area (TPSA) is 120 Å². The lowest BCUT2D eigenvalue weighted by atomic mass is 9.49. The molecule has 0 bridgehead atoms. The van der Waals surface area contributed by atoms with Gasteiger partial charge in [0.25, 0.3) is 11.8 Å². The summed E-state index contributed by atoms with van der Waals surface area (Å²) in [6, 6.07) is 17.1. The molecule has 2 aliphatic carbocycles. The number of halogens is 6. The number of allylic oxidation sites excluding steroid dienone is 2. The Hall–Kier alpha value is -5.53. The molecule has 2 saturated heterocycles. The number of phenols is 1. The lowest BCUT2D eigenvalue weighted by Crippen LogP contribution is -2.53. The van der Waals surface area contributed by atoms with Gasteiger partial charge < -0.3 is 5.11 Å². The number of aromatic hydroxyl groups is 1. The van der Waals surface area contributed by atoms with E-state index in [1.165, 1.54) is 18.2 Å². The first-order valence-electron chi connectivity index (χ1n) is 17.1. The maximum Gasteiger partial charge on any atom is 0.417 e. The number of hydrogen-bond donors (Lipinski definition) is 2. The summed E-state index contributed by atoms with van der Waals surface area (Å²) in [7, 11) is 0. The van der Waals surface area contributed by atoms with Crippen LogP contribution in [0.2, 0.25) is 10.0 Å². The number of nitrogens with zero attached hydrogens (tertiary/aromatic N) is 3. The van der Waals surface area contributed by atoms with Crippen molar-refractivity contribution in [2.75, 3.05) is 10.3 Å². The average Bonchev–Trinajstić information content (AvgIpc) is 3.54. The van der Waals surface area contributed by atoms with Gasteiger partial charge in [-0.1, -0.05) is 77.8 Å². The van der Waals surface area contributed by atoms with Gasteiger partial charge in [-0.2, -0.15) is 18.2 Å². The molecule has 3 aromatic carbocycles. The van der Waals surface area contributed by atoms with Gasteiger partial charge in [-0.25, -0.2) is 9.37 Å². The molecule has 0 unspecified atom stereocenters. The van der Waals surface area contributed by atoms with E-state index in [0.717, 1.165) is 22.6 Å². The van der Waals surface area contributed by atoms with E-state index in [4.69, 9.17) is 23.2 Å². The van der Waals surface area contributed by atoms with Gasteiger partial charge in [-0.3, -0.25) is 29.5 Å². The first-order valence-corrected chi connectivity index (χ1v) is 17.8. The second-order valence-electron chi connectivity index (χ2n) is 13.9. The van der Waals surface area contributed by atoms with Crippen molar-refractivity contribution < 1.29 is 41.8 Å². The maximum absolute atomic E-state index is 15.3. The van der Waals surface area contributed by atoms with Gasteiger partial charge in [0, 0.05) is 17.1 Å². The molecule has 8 rings (SSSR count). The first-order chi connectivity index (χ1) is 26.2. The van der Waals surface area contributed by atoms with Crippen molar-refractivity contribution in [1.82, 2.24) is 9.99 Å². The number of carbonyl (C=O) groups is 4. The molecule has 2 N–H and O–H groups in total. The fourth-order valence-electron chi connectivity index (χ4n) is 8.87. The molecule has 0 spiro atoms. The number of pyridine rings is 1. The van der Waals surface area contributed by atoms with Crippen molar-refractivity contribution in [2.24, 2.45) is 23.7 Å². The normalized spacial score (nSPS) is 26.1. The number of phenolic OH excluding ortho intramolecular Hbond substituents is 1. The Morgan fingerprint density at radius 1 is 0.927 bits per heavy atom. The molecule has 3 fully saturated rings. The first kappa shape index (κ1) is 36.4. The number of benzene rings is 3. The zero-order valence-corrected chi connectivity index (χ0v) is 29.9. The minimum absolute atomic E-state index is 0.0932. The summed E-state index contributed by atoms with van der Waals surface area (Å²) in [4.78, 5) is 63.3. The van der Waals surface area contributed by atoms with Crippen LogP contribution in [0, 0.1) is 29.5 Å². The minimum atomic E-state index is -4.78. The highest BCUT2D eigenvalue weighted by atomic mass is 35.5. The highest BCUT2D eigenvalue weighted by molar-refractivity contribution is 6.33. The Balaban J connectivity index is 1.30. The van der Waals surface area contributed by atoms with E-state index in [1.807, 2.05) is 0 Å². The summed E-state index contributed by atoms with van der Waals surface area (Å²) >= 11 is 12.5. The van der Waals surface area contributed by atoms with Gasteiger partial charge in [-0.15, -0.1) is 0 Å². The van der Waals surface area contributed by atoms with Crippen LogP contribution in [0.4, 0.5) is 29.1 Å². The number of alkyl halides is 3. The van der Waals surface area contributed by atoms with Crippen LogP contribution in [0.5, 0.6) is 5.75 Å². The number of hydrazine groups is 1. The highest BCUT2D eigenvalue weighted by Gasteiger charge is 2.70. The Labute approximate surface area is 320 Å². The lowest BCUT2D eigenvalue weighted by molar-refractivity contribution is -0.139. The Kier molecular flexibility index (Phi) is 8.65. The molecule has 1 aromatic heterocycles. The van der Waals surface area contributed by atoms with E-state index in [9.17, 15) is 32.7 Å². The van der Waals surface area contributed by atoms with Gasteiger partial charge in [-0.05, 0) is 77.9 Å². The summed E-state index contributed by atoms with van der Waals surface area (Å²) in [5, 5.41) is 10.6. The molecule has 55 heavy (non-hydrogen) atoms. The fraction of sp³-hybridized carbons (Fsp3) is 0.225. The van der Waals surface area contributed by atoms with Crippen LogP contribution < -0.4 is 10.3 Å². The lowest BCUT2D eigenvalue weighted by Gasteiger charge is -2.50. The maximum atomic E-state index is 15.3. The van der Waals surface area contributed by atoms with Crippen molar-refractivity contribution in [3.8, 4) is 5.75 Å². The van der Waals surface area contributed by atoms with E-state index in [-0.39, 0.29) is 18.4 Å². The number of imide groups is 2. The predicted octanol–water partition coefficient (Wildman–Crippen LogP) is 8.08. The van der Waals surface area contributed by atoms with E-state index < -0.39 is 92.8 Å². The third-order valence-electron chi connectivity index (χ3n) is 11.2. The summed E-state index contributed by atoms with van der Waals surface area (Å²) < 4.78 is 55.7. The number of hydrogen-bond acceptors (Lipinski definition) is 7. The summed E-state index contributed by atoms with van der Waals surface area (Å²) in [5.41, 5.74) is 1.65.